The summed E-state index contributed by atoms with van der Waals surface area (Å²) in [7, 11) is 1.66. The highest BCUT2D eigenvalue weighted by atomic mass is 35.5. The summed E-state index contributed by atoms with van der Waals surface area (Å²) in [5.74, 6) is 0.923. The van der Waals surface area contributed by atoms with Crippen molar-refractivity contribution in [3.05, 3.63) is 41.0 Å². The number of aromatic nitrogens is 2. The average molecular weight is 348 g/mol. The van der Waals surface area contributed by atoms with Gasteiger partial charge in [0.1, 0.15) is 5.82 Å². The first-order chi connectivity index (χ1) is 11.5. The van der Waals surface area contributed by atoms with E-state index in [1.165, 1.54) is 4.90 Å². The number of hydrogen-bond acceptors (Lipinski definition) is 5. The van der Waals surface area contributed by atoms with Gasteiger partial charge < -0.3 is 10.4 Å². The fourth-order valence-electron chi connectivity index (χ4n) is 2.50. The molecule has 0 radical (unpaired) electrons. The van der Waals surface area contributed by atoms with Gasteiger partial charge in [-0.25, -0.2) is 9.78 Å². The topological polar surface area (TPSA) is 81.6 Å². The van der Waals surface area contributed by atoms with Crippen LogP contribution in [0.3, 0.4) is 0 Å². The van der Waals surface area contributed by atoms with Gasteiger partial charge in [-0.15, -0.1) is 0 Å². The highest BCUT2D eigenvalue weighted by molar-refractivity contribution is 6.34. The number of rotatable bonds is 4. The van der Waals surface area contributed by atoms with Crippen molar-refractivity contribution in [3.8, 4) is 0 Å². The van der Waals surface area contributed by atoms with Gasteiger partial charge in [0.05, 0.1) is 23.9 Å². The summed E-state index contributed by atoms with van der Waals surface area (Å²) in [4.78, 5) is 24.4. The summed E-state index contributed by atoms with van der Waals surface area (Å²) in [6.45, 7) is 2.13. The Hall–Kier alpha value is -2.38. The summed E-state index contributed by atoms with van der Waals surface area (Å²) in [6, 6.07) is 6.83. The van der Waals surface area contributed by atoms with E-state index in [-0.39, 0.29) is 18.7 Å². The van der Waals surface area contributed by atoms with Crippen molar-refractivity contribution in [2.75, 3.05) is 28.8 Å². The zero-order valence-corrected chi connectivity index (χ0v) is 14.2. The minimum Gasteiger partial charge on any atom is -0.394 e. The van der Waals surface area contributed by atoms with Crippen LogP contribution in [0.5, 0.6) is 0 Å². The van der Waals surface area contributed by atoms with Crippen LogP contribution in [0.4, 0.5) is 22.2 Å². The van der Waals surface area contributed by atoms with Gasteiger partial charge in [0.15, 0.2) is 0 Å². The number of benzene rings is 1. The lowest BCUT2D eigenvalue weighted by molar-refractivity contribution is 0.251. The van der Waals surface area contributed by atoms with Gasteiger partial charge in [-0.3, -0.25) is 9.80 Å². The van der Waals surface area contributed by atoms with E-state index in [0.717, 1.165) is 5.56 Å². The molecule has 7 nitrogen and oxygen atoms in total. The molecule has 1 unspecified atom stereocenters. The summed E-state index contributed by atoms with van der Waals surface area (Å²) in [6.07, 6.45) is 1.68. The molecule has 0 saturated heterocycles. The molecular formula is C16H18ClN5O2. The van der Waals surface area contributed by atoms with E-state index in [9.17, 15) is 4.79 Å². The molecule has 0 spiro atoms. The third-order valence-corrected chi connectivity index (χ3v) is 4.12. The molecule has 126 valence electrons. The van der Waals surface area contributed by atoms with Crippen molar-refractivity contribution in [2.24, 2.45) is 0 Å². The molecule has 1 aliphatic rings. The normalized spacial score (nSPS) is 15.2. The van der Waals surface area contributed by atoms with Gasteiger partial charge in [-0.1, -0.05) is 23.7 Å². The van der Waals surface area contributed by atoms with Crippen molar-refractivity contribution in [2.45, 2.75) is 19.5 Å². The Morgan fingerprint density at radius 3 is 2.88 bits per heavy atom. The Balaban J connectivity index is 1.93. The summed E-state index contributed by atoms with van der Waals surface area (Å²) in [5.41, 5.74) is 1.47. The molecule has 0 saturated carbocycles. The van der Waals surface area contributed by atoms with Gasteiger partial charge in [0.25, 0.3) is 0 Å². The molecule has 3 rings (SSSR count). The van der Waals surface area contributed by atoms with Crippen molar-refractivity contribution >= 4 is 35.1 Å². The van der Waals surface area contributed by atoms with Crippen molar-refractivity contribution in [1.29, 1.82) is 0 Å². The maximum Gasteiger partial charge on any atom is 0.330 e. The van der Waals surface area contributed by atoms with E-state index in [1.807, 2.05) is 19.1 Å². The highest BCUT2D eigenvalue weighted by Gasteiger charge is 2.31. The number of anilines is 3. The number of carbonyl (C=O) groups is 1. The lowest BCUT2D eigenvalue weighted by Crippen LogP contribution is -2.46. The van der Waals surface area contributed by atoms with Crippen LogP contribution in [0.1, 0.15) is 12.5 Å². The number of hydrogen-bond donors (Lipinski definition) is 2. The minimum atomic E-state index is -0.213. The number of aliphatic hydroxyl groups excluding tert-OH is 1. The largest absolute Gasteiger partial charge is 0.394 e. The molecule has 2 amide bonds. The van der Waals surface area contributed by atoms with Gasteiger partial charge in [-0.2, -0.15) is 4.98 Å². The Kier molecular flexibility index (Phi) is 4.55. The number of carbonyl (C=O) groups excluding carboxylic acids is 1. The summed E-state index contributed by atoms with van der Waals surface area (Å²) in [5, 5.41) is 12.6. The fourth-order valence-corrected chi connectivity index (χ4v) is 2.74. The Labute approximate surface area is 144 Å². The molecule has 2 heterocycles. The molecule has 0 fully saturated rings. The van der Waals surface area contributed by atoms with Crippen molar-refractivity contribution in [1.82, 2.24) is 9.97 Å². The van der Waals surface area contributed by atoms with Gasteiger partial charge in [-0.05, 0) is 19.1 Å². The van der Waals surface area contributed by atoms with Gasteiger partial charge >= 0.3 is 6.03 Å². The summed E-state index contributed by atoms with van der Waals surface area (Å²) < 4.78 is 0. The predicted octanol–water partition coefficient (Wildman–Crippen LogP) is 2.50. The standard InChI is InChI=1S/C16H18ClN5O2/c1-10(9-23)19-15-18-7-11-8-22(13-6-4-3-5-12(13)17)16(24)21(2)14(11)20-15/h3-7,10,23H,8-9H2,1-2H3,(H,18,19,20). The Morgan fingerprint density at radius 2 is 2.17 bits per heavy atom. The van der Waals surface area contributed by atoms with E-state index in [0.29, 0.717) is 29.0 Å². The monoisotopic (exact) mass is 347 g/mol. The quantitative estimate of drug-likeness (QED) is 0.888. The summed E-state index contributed by atoms with van der Waals surface area (Å²) >= 11 is 6.22. The van der Waals surface area contributed by atoms with Crippen LogP contribution in [0, 0.1) is 0 Å². The number of nitrogens with one attached hydrogen (secondary N) is 1. The maximum atomic E-state index is 12.7. The maximum absolute atomic E-state index is 12.7. The first-order valence-corrected chi connectivity index (χ1v) is 7.92. The molecular weight excluding hydrogens is 330 g/mol. The van der Waals surface area contributed by atoms with Crippen LogP contribution in [-0.4, -0.2) is 40.8 Å². The number of urea groups is 1. The Bertz CT molecular complexity index is 770. The van der Waals surface area contributed by atoms with Crippen LogP contribution in [0.15, 0.2) is 30.5 Å². The van der Waals surface area contributed by atoms with E-state index < -0.39 is 0 Å². The van der Waals surface area contributed by atoms with E-state index in [2.05, 4.69) is 15.3 Å². The molecule has 2 aromatic rings. The second-order valence-electron chi connectivity index (χ2n) is 5.65. The van der Waals surface area contributed by atoms with E-state index in [4.69, 9.17) is 16.7 Å². The molecule has 0 bridgehead atoms. The SMILES string of the molecule is CC(CO)Nc1ncc2c(n1)N(C)C(=O)N(c1ccccc1Cl)C2. The zero-order chi connectivity index (χ0) is 17.3. The van der Waals surface area contributed by atoms with E-state index >= 15 is 0 Å². The van der Waals surface area contributed by atoms with E-state index in [1.54, 1.807) is 30.3 Å². The molecule has 1 aromatic heterocycles. The fraction of sp³-hybridized carbons (Fsp3) is 0.312. The van der Waals surface area contributed by atoms with Gasteiger partial charge in [0.2, 0.25) is 5.95 Å². The highest BCUT2D eigenvalue weighted by Crippen LogP contribution is 2.33. The van der Waals surface area contributed by atoms with Crippen molar-refractivity contribution in [3.63, 3.8) is 0 Å². The molecule has 2 N–H and O–H groups in total. The van der Waals surface area contributed by atoms with Crippen LogP contribution >= 0.6 is 11.6 Å². The molecule has 1 aliphatic heterocycles. The molecule has 1 aromatic carbocycles. The average Bonchev–Trinajstić information content (AvgIpc) is 2.59. The number of amides is 2. The molecule has 0 aliphatic carbocycles. The third kappa shape index (κ3) is 3.00. The van der Waals surface area contributed by atoms with Crippen LogP contribution < -0.4 is 15.1 Å². The number of nitrogens with zero attached hydrogens (tertiary/aromatic N) is 4. The number of fused-ring (bicyclic) bond motifs is 1. The lowest BCUT2D eigenvalue weighted by atomic mass is 10.2. The predicted molar refractivity (Wildman–Crippen MR) is 93.6 cm³/mol. The number of para-hydroxylation sites is 1. The Morgan fingerprint density at radius 1 is 1.42 bits per heavy atom. The number of halogens is 1. The van der Waals surface area contributed by atoms with Crippen LogP contribution in [0.25, 0.3) is 0 Å². The minimum absolute atomic E-state index is 0.0322. The second kappa shape index (κ2) is 6.62. The first kappa shape index (κ1) is 16.5. The molecule has 8 heteroatoms. The van der Waals surface area contributed by atoms with Crippen molar-refractivity contribution < 1.29 is 9.90 Å². The first-order valence-electron chi connectivity index (χ1n) is 7.54. The van der Waals surface area contributed by atoms with Crippen LogP contribution in [0.2, 0.25) is 5.02 Å². The second-order valence-corrected chi connectivity index (χ2v) is 6.06. The number of aliphatic hydroxyl groups is 1. The lowest BCUT2D eigenvalue weighted by Gasteiger charge is -2.34. The third-order valence-electron chi connectivity index (χ3n) is 3.80. The molecule has 24 heavy (non-hydrogen) atoms. The molecule has 1 atom stereocenters. The zero-order valence-electron chi connectivity index (χ0n) is 13.4. The smallest absolute Gasteiger partial charge is 0.330 e. The van der Waals surface area contributed by atoms with Gasteiger partial charge in [0, 0.05) is 24.8 Å². The van der Waals surface area contributed by atoms with Crippen LogP contribution in [-0.2, 0) is 6.54 Å².